The second-order valence-corrected chi connectivity index (χ2v) is 51.6. The molecule has 4 aromatic carbocycles. The van der Waals surface area contributed by atoms with Crippen molar-refractivity contribution >= 4 is 50.6 Å². The molecule has 1 nitrogen and oxygen atoms in total. The summed E-state index contributed by atoms with van der Waals surface area (Å²) in [6.45, 7) is 29.1. The van der Waals surface area contributed by atoms with Gasteiger partial charge in [-0.05, 0) is 0 Å². The minimum absolute atomic E-state index is 0.00390. The molecule has 0 heterocycles. The third kappa shape index (κ3) is 8.29. The van der Waals surface area contributed by atoms with Crippen molar-refractivity contribution in [2.45, 2.75) is 114 Å². The topological polar surface area (TPSA) is 3.24 Å². The fourth-order valence-electron chi connectivity index (χ4n) is 10.4. The molecule has 0 fully saturated rings. The molecule has 0 radical (unpaired) electrons. The van der Waals surface area contributed by atoms with Gasteiger partial charge in [0.15, 0.2) is 0 Å². The fourth-order valence-corrected chi connectivity index (χ4v) is 52.6. The second kappa shape index (κ2) is 16.1. The summed E-state index contributed by atoms with van der Waals surface area (Å²) in [5, 5.41) is 0. The monoisotopic (exact) mass is 882 g/mol. The summed E-state index contributed by atoms with van der Waals surface area (Å²) < 4.78 is 2.96. The van der Waals surface area contributed by atoms with Gasteiger partial charge in [-0.3, -0.25) is 0 Å². The molecule has 2 aliphatic rings. The number of nitrogens with zero attached hydrogens (tertiary/aromatic N) is 1. The van der Waals surface area contributed by atoms with Crippen LogP contribution in [0.15, 0.2) is 96.1 Å². The van der Waals surface area contributed by atoms with Crippen LogP contribution in [0.4, 0.5) is 0 Å². The molecular formula is C48H65BCl2NSi2Zr. The Bertz CT molecular complexity index is 1980. The van der Waals surface area contributed by atoms with E-state index < -0.39 is 32.6 Å². The predicted molar refractivity (Wildman–Crippen MR) is 250 cm³/mol. The van der Waals surface area contributed by atoms with Crippen LogP contribution in [0.1, 0.15) is 95.0 Å². The molecule has 291 valence electrons. The average molecular weight is 885 g/mol. The van der Waals surface area contributed by atoms with Gasteiger partial charge in [-0.25, -0.2) is 0 Å². The first-order valence-corrected chi connectivity index (χ1v) is 38.8. The van der Waals surface area contributed by atoms with Crippen molar-refractivity contribution in [1.82, 2.24) is 4.14 Å². The van der Waals surface area contributed by atoms with Crippen molar-refractivity contribution in [1.29, 1.82) is 0 Å². The van der Waals surface area contributed by atoms with E-state index in [2.05, 4.69) is 182 Å². The molecule has 0 N–H and O–H groups in total. The molecule has 7 heteroatoms. The molecular weight excluding hydrogens is 820 g/mol. The van der Waals surface area contributed by atoms with Gasteiger partial charge in [0, 0.05) is 0 Å². The summed E-state index contributed by atoms with van der Waals surface area (Å²) in [5.74, 6) is 0.955. The van der Waals surface area contributed by atoms with Crippen molar-refractivity contribution in [3.8, 4) is 22.3 Å². The Hall–Kier alpha value is -1.72. The first-order chi connectivity index (χ1) is 25.8. The van der Waals surface area contributed by atoms with E-state index in [-0.39, 0.29) is 7.25 Å². The number of allylic oxidation sites excluding steroid dienone is 2. The summed E-state index contributed by atoms with van der Waals surface area (Å²) >= 11 is -5.34. The predicted octanol–water partition coefficient (Wildman–Crippen LogP) is 15.0. The first kappa shape index (κ1) is 42.9. The van der Waals surface area contributed by atoms with Gasteiger partial charge >= 0.3 is 348 Å². The maximum absolute atomic E-state index is 9.24. The van der Waals surface area contributed by atoms with Gasteiger partial charge in [-0.15, -0.1) is 0 Å². The van der Waals surface area contributed by atoms with E-state index in [9.17, 15) is 17.0 Å². The molecule has 0 bridgehead atoms. The van der Waals surface area contributed by atoms with Gasteiger partial charge in [0.25, 0.3) is 0 Å². The third-order valence-electron chi connectivity index (χ3n) is 12.2. The number of aryl methyl sites for hydroxylation is 2. The van der Waals surface area contributed by atoms with Crippen LogP contribution < -0.4 is 0 Å². The molecule has 2 aliphatic carbocycles. The van der Waals surface area contributed by atoms with Crippen LogP contribution in [0.5, 0.6) is 0 Å². The Labute approximate surface area is 345 Å². The summed E-state index contributed by atoms with van der Waals surface area (Å²) in [6.07, 6.45) is 9.09. The Kier molecular flexibility index (Phi) is 12.6. The zero-order valence-electron chi connectivity index (χ0n) is 35.8. The van der Waals surface area contributed by atoms with Crippen LogP contribution in [0, 0.1) is 11.8 Å². The first-order valence-electron chi connectivity index (χ1n) is 21.0. The maximum atomic E-state index is 9.24. The third-order valence-corrected chi connectivity index (χ3v) is 39.3. The molecule has 0 saturated carbocycles. The molecule has 0 aliphatic heterocycles. The van der Waals surface area contributed by atoms with E-state index in [1.54, 1.807) is 0 Å². The van der Waals surface area contributed by atoms with Gasteiger partial charge in [-0.1, -0.05) is 0 Å². The second-order valence-electron chi connectivity index (χ2n) is 19.4. The number of hydrogen-bond donors (Lipinski definition) is 0. The van der Waals surface area contributed by atoms with E-state index in [0.29, 0.717) is 11.8 Å². The van der Waals surface area contributed by atoms with Crippen LogP contribution in [0.2, 0.25) is 39.3 Å². The van der Waals surface area contributed by atoms with Crippen molar-refractivity contribution < 1.29 is 16.2 Å². The van der Waals surface area contributed by atoms with E-state index in [0.717, 1.165) is 30.6 Å². The van der Waals surface area contributed by atoms with Crippen molar-refractivity contribution in [3.63, 3.8) is 0 Å². The van der Waals surface area contributed by atoms with Crippen molar-refractivity contribution in [2.75, 3.05) is 0 Å². The van der Waals surface area contributed by atoms with Gasteiger partial charge in [0.2, 0.25) is 0 Å². The number of halogens is 2. The van der Waals surface area contributed by atoms with Crippen LogP contribution in [0.25, 0.3) is 34.4 Å². The Morgan fingerprint density at radius 2 is 0.927 bits per heavy atom. The Balaban J connectivity index is 1.71. The van der Waals surface area contributed by atoms with Gasteiger partial charge in [0.1, 0.15) is 0 Å². The van der Waals surface area contributed by atoms with Gasteiger partial charge in [0.05, 0.1) is 0 Å². The SMILES string of the molecule is CCc1ccccc1-c1cccc2c1C=C(CC(C)C)[CH]2[Zr]([Cl])([Cl])([BH]N([Si](C)(C)C)[Si](C)(C)C)[CH]1C(CC(C)C)=Cc2c(-c3ccccc3CC)cccc21. The van der Waals surface area contributed by atoms with Crippen molar-refractivity contribution in [3.05, 3.63) is 129 Å². The van der Waals surface area contributed by atoms with Gasteiger partial charge in [-0.2, -0.15) is 0 Å². The molecule has 0 aromatic heterocycles. The molecule has 4 aromatic rings. The molecule has 0 saturated heterocycles. The van der Waals surface area contributed by atoms with Crippen LogP contribution >= 0.6 is 17.0 Å². The standard InChI is InChI=1S/2C21H23.C6H19BNSi2.2ClH.Zr/c2*1-4-17-8-5-6-10-19(17)20-11-7-9-18-13-16(12-15(2)3)14-21(18)20;1-9(2,3)8(7)10(4,5)6;;;/h2*5-11,13-15H,4,12H2,1-3H3;7H,1-6H3;2*1H;/q;;+1;;;+1/p-2. The quantitative estimate of drug-likeness (QED) is 0.114. The van der Waals surface area contributed by atoms with Crippen LogP contribution in [0.3, 0.4) is 0 Å². The van der Waals surface area contributed by atoms with Crippen molar-refractivity contribution in [2.24, 2.45) is 11.8 Å². The molecule has 2 unspecified atom stereocenters. The molecule has 6 rings (SSSR count). The summed E-state index contributed by atoms with van der Waals surface area (Å²) in [4.78, 5) is 0.820. The number of hydrogen-bond acceptors (Lipinski definition) is 1. The van der Waals surface area contributed by atoms with Crippen LogP contribution in [-0.4, -0.2) is 25.6 Å². The van der Waals surface area contributed by atoms with Crippen LogP contribution in [-0.2, 0) is 29.0 Å². The zero-order valence-corrected chi connectivity index (χ0v) is 41.8. The number of rotatable bonds is 14. The Morgan fingerprint density at radius 1 is 0.564 bits per heavy atom. The van der Waals surface area contributed by atoms with E-state index in [1.807, 2.05) is 0 Å². The molecule has 55 heavy (non-hydrogen) atoms. The fraction of sp³-hybridized carbons (Fsp3) is 0.417. The minimum atomic E-state index is -5.34. The molecule has 0 spiro atoms. The van der Waals surface area contributed by atoms with E-state index in [1.165, 1.54) is 66.8 Å². The summed E-state index contributed by atoms with van der Waals surface area (Å²) in [7, 11) is 14.7. The van der Waals surface area contributed by atoms with E-state index in [4.69, 9.17) is 0 Å². The Morgan fingerprint density at radius 3 is 1.27 bits per heavy atom. The number of benzene rings is 4. The zero-order chi connectivity index (χ0) is 40.1. The van der Waals surface area contributed by atoms with Gasteiger partial charge < -0.3 is 0 Å². The molecule has 2 atom stereocenters. The molecule has 0 amide bonds. The number of fused-ring (bicyclic) bond motifs is 2. The average Bonchev–Trinajstić information content (AvgIpc) is 3.68. The summed E-state index contributed by atoms with van der Waals surface area (Å²) in [6, 6.07) is 32.0. The normalized spacial score (nSPS) is 17.9. The summed E-state index contributed by atoms with van der Waals surface area (Å²) in [5.41, 5.74) is 16.4. The van der Waals surface area contributed by atoms with E-state index >= 15 is 0 Å².